The van der Waals surface area contributed by atoms with Gasteiger partial charge < -0.3 is 10.4 Å². The van der Waals surface area contributed by atoms with Gasteiger partial charge in [0, 0.05) is 12.1 Å². The molecule has 0 amide bonds. The number of piperidine rings is 1. The van der Waals surface area contributed by atoms with Gasteiger partial charge in [0.05, 0.1) is 6.10 Å². The summed E-state index contributed by atoms with van der Waals surface area (Å²) >= 11 is 0. The van der Waals surface area contributed by atoms with E-state index in [4.69, 9.17) is 0 Å². The zero-order valence-electron chi connectivity index (χ0n) is 11.3. The van der Waals surface area contributed by atoms with Crippen LogP contribution >= 0.6 is 12.4 Å². The third-order valence-electron chi connectivity index (χ3n) is 3.73. The predicted octanol–water partition coefficient (Wildman–Crippen LogP) is 3.59. The summed E-state index contributed by atoms with van der Waals surface area (Å²) in [5.74, 6) is -0.285. The van der Waals surface area contributed by atoms with Crippen molar-refractivity contribution < 1.29 is 9.50 Å². The smallest absolute Gasteiger partial charge is 0.123 e. The van der Waals surface area contributed by atoms with Gasteiger partial charge in [-0.15, -0.1) is 12.4 Å². The fraction of sp³-hybridized carbons (Fsp3) is 0.600. The average Bonchev–Trinajstić information content (AvgIpc) is 2.39. The van der Waals surface area contributed by atoms with Gasteiger partial charge in [-0.25, -0.2) is 4.39 Å². The molecule has 0 radical (unpaired) electrons. The fourth-order valence-corrected chi connectivity index (χ4v) is 2.80. The average molecular weight is 288 g/mol. The van der Waals surface area contributed by atoms with Gasteiger partial charge in [-0.05, 0) is 37.0 Å². The van der Waals surface area contributed by atoms with Gasteiger partial charge in [-0.2, -0.15) is 0 Å². The predicted molar refractivity (Wildman–Crippen MR) is 78.1 cm³/mol. The molecule has 0 aliphatic carbocycles. The van der Waals surface area contributed by atoms with E-state index in [1.54, 1.807) is 12.1 Å². The monoisotopic (exact) mass is 287 g/mol. The molecule has 0 unspecified atom stereocenters. The summed E-state index contributed by atoms with van der Waals surface area (Å²) < 4.78 is 13.2. The molecule has 0 spiro atoms. The lowest BCUT2D eigenvalue weighted by molar-refractivity contribution is 0.0995. The highest BCUT2D eigenvalue weighted by Gasteiger charge is 2.27. The Labute approximate surface area is 120 Å². The molecule has 2 nitrogen and oxygen atoms in total. The molecule has 0 aromatic heterocycles. The molecule has 1 saturated heterocycles. The lowest BCUT2D eigenvalue weighted by Crippen LogP contribution is -2.45. The molecule has 1 aliphatic rings. The zero-order chi connectivity index (χ0) is 13.0. The number of hydrogen-bond acceptors (Lipinski definition) is 2. The highest BCUT2D eigenvalue weighted by Crippen LogP contribution is 2.26. The van der Waals surface area contributed by atoms with Crippen LogP contribution in [0.5, 0.6) is 0 Å². The van der Waals surface area contributed by atoms with Crippen LogP contribution in [0, 0.1) is 5.82 Å². The third-order valence-corrected chi connectivity index (χ3v) is 3.73. The molecule has 0 saturated carbocycles. The Morgan fingerprint density at radius 2 is 2.21 bits per heavy atom. The van der Waals surface area contributed by atoms with E-state index >= 15 is 0 Å². The molecule has 0 bridgehead atoms. The van der Waals surface area contributed by atoms with Crippen molar-refractivity contribution in [3.05, 3.63) is 35.6 Å². The van der Waals surface area contributed by atoms with E-state index in [0.717, 1.165) is 25.7 Å². The van der Waals surface area contributed by atoms with E-state index in [0.29, 0.717) is 11.6 Å². The molecule has 1 fully saturated rings. The van der Waals surface area contributed by atoms with Gasteiger partial charge in [0.1, 0.15) is 5.82 Å². The lowest BCUT2D eigenvalue weighted by atomic mass is 9.90. The topological polar surface area (TPSA) is 32.3 Å². The summed E-state index contributed by atoms with van der Waals surface area (Å²) in [5.41, 5.74) is 0.671. The standard InChI is InChI=1S/C15H22FNO.ClH/c1-2-5-13-8-4-9-14(17-13)15(18)11-6-3-7-12(16)10-11;/h3,6-7,10,13-15,17-18H,2,4-5,8-9H2,1H3;1H/t13-,14-,15-;/m1./s1. The normalized spacial score (nSPS) is 24.6. The number of aliphatic hydroxyl groups excluding tert-OH is 1. The summed E-state index contributed by atoms with van der Waals surface area (Å²) in [5, 5.41) is 13.8. The van der Waals surface area contributed by atoms with Crippen LogP contribution in [-0.4, -0.2) is 17.2 Å². The molecule has 4 heteroatoms. The first-order chi connectivity index (χ1) is 8.70. The Hall–Kier alpha value is -0.640. The number of halogens is 2. The molecule has 2 rings (SSSR count). The Morgan fingerprint density at radius 1 is 1.42 bits per heavy atom. The molecule has 19 heavy (non-hydrogen) atoms. The van der Waals surface area contributed by atoms with Crippen molar-refractivity contribution in [1.82, 2.24) is 5.32 Å². The first-order valence-electron chi connectivity index (χ1n) is 6.90. The van der Waals surface area contributed by atoms with Crippen LogP contribution in [0.3, 0.4) is 0 Å². The third kappa shape index (κ3) is 4.44. The van der Waals surface area contributed by atoms with Gasteiger partial charge in [0.15, 0.2) is 0 Å². The minimum atomic E-state index is -0.611. The number of rotatable bonds is 4. The SMILES string of the molecule is CCC[C@@H]1CCC[C@H]([C@H](O)c2cccc(F)c2)N1.Cl. The van der Waals surface area contributed by atoms with Crippen molar-refractivity contribution in [2.45, 2.75) is 57.2 Å². The summed E-state index contributed by atoms with van der Waals surface area (Å²) in [6.07, 6.45) is 4.96. The summed E-state index contributed by atoms with van der Waals surface area (Å²) in [6, 6.07) is 6.83. The minimum Gasteiger partial charge on any atom is -0.387 e. The van der Waals surface area contributed by atoms with Gasteiger partial charge in [-0.1, -0.05) is 31.9 Å². The number of aliphatic hydroxyl groups is 1. The second kappa shape index (κ2) is 7.83. The Balaban J connectivity index is 0.00000180. The molecule has 2 N–H and O–H groups in total. The highest BCUT2D eigenvalue weighted by molar-refractivity contribution is 5.85. The zero-order valence-corrected chi connectivity index (χ0v) is 12.1. The first kappa shape index (κ1) is 16.4. The van der Waals surface area contributed by atoms with E-state index in [-0.39, 0.29) is 24.3 Å². The van der Waals surface area contributed by atoms with Gasteiger partial charge >= 0.3 is 0 Å². The molecule has 108 valence electrons. The molecule has 1 aliphatic heterocycles. The summed E-state index contributed by atoms with van der Waals surface area (Å²) in [7, 11) is 0. The van der Waals surface area contributed by atoms with Crippen LogP contribution in [0.15, 0.2) is 24.3 Å². The second-order valence-electron chi connectivity index (χ2n) is 5.19. The van der Waals surface area contributed by atoms with Crippen LogP contribution in [-0.2, 0) is 0 Å². The van der Waals surface area contributed by atoms with Crippen molar-refractivity contribution in [1.29, 1.82) is 0 Å². The second-order valence-corrected chi connectivity index (χ2v) is 5.19. The van der Waals surface area contributed by atoms with Gasteiger partial charge in [0.25, 0.3) is 0 Å². The quantitative estimate of drug-likeness (QED) is 0.887. The Morgan fingerprint density at radius 3 is 2.89 bits per heavy atom. The number of hydrogen-bond donors (Lipinski definition) is 2. The summed E-state index contributed by atoms with van der Waals surface area (Å²) in [6.45, 7) is 2.17. The van der Waals surface area contributed by atoms with Crippen molar-refractivity contribution in [3.63, 3.8) is 0 Å². The maximum atomic E-state index is 13.2. The molecular formula is C15H23ClFNO. The Kier molecular flexibility index (Phi) is 6.76. The van der Waals surface area contributed by atoms with Gasteiger partial charge in [-0.3, -0.25) is 0 Å². The minimum absolute atomic E-state index is 0. The molecule has 1 aromatic rings. The maximum absolute atomic E-state index is 13.2. The molecule has 3 atom stereocenters. The largest absolute Gasteiger partial charge is 0.387 e. The van der Waals surface area contributed by atoms with Gasteiger partial charge in [0.2, 0.25) is 0 Å². The fourth-order valence-electron chi connectivity index (χ4n) is 2.80. The van der Waals surface area contributed by atoms with Crippen molar-refractivity contribution >= 4 is 12.4 Å². The van der Waals surface area contributed by atoms with Crippen LogP contribution in [0.1, 0.15) is 50.7 Å². The maximum Gasteiger partial charge on any atom is 0.123 e. The molecule has 1 aromatic carbocycles. The molecular weight excluding hydrogens is 265 g/mol. The van der Waals surface area contributed by atoms with E-state index in [1.165, 1.54) is 18.6 Å². The summed E-state index contributed by atoms with van der Waals surface area (Å²) in [4.78, 5) is 0. The van der Waals surface area contributed by atoms with Crippen molar-refractivity contribution in [2.24, 2.45) is 0 Å². The van der Waals surface area contributed by atoms with Crippen LogP contribution < -0.4 is 5.32 Å². The molecule has 1 heterocycles. The van der Waals surface area contributed by atoms with Crippen LogP contribution in [0.2, 0.25) is 0 Å². The van der Waals surface area contributed by atoms with E-state index in [1.807, 2.05) is 0 Å². The van der Waals surface area contributed by atoms with Crippen molar-refractivity contribution in [3.8, 4) is 0 Å². The highest BCUT2D eigenvalue weighted by atomic mass is 35.5. The van der Waals surface area contributed by atoms with Crippen molar-refractivity contribution in [2.75, 3.05) is 0 Å². The number of nitrogens with one attached hydrogen (secondary N) is 1. The van der Waals surface area contributed by atoms with E-state index < -0.39 is 6.10 Å². The number of benzene rings is 1. The Bertz CT molecular complexity index is 386. The first-order valence-corrected chi connectivity index (χ1v) is 6.90. The van der Waals surface area contributed by atoms with Crippen LogP contribution in [0.25, 0.3) is 0 Å². The van der Waals surface area contributed by atoms with E-state index in [2.05, 4.69) is 12.2 Å². The lowest BCUT2D eigenvalue weighted by Gasteiger charge is -2.34. The van der Waals surface area contributed by atoms with E-state index in [9.17, 15) is 9.50 Å². The van der Waals surface area contributed by atoms with Crippen LogP contribution in [0.4, 0.5) is 4.39 Å².